The highest BCUT2D eigenvalue weighted by Gasteiger charge is 2.60. The molecule has 184 valence electrons. The van der Waals surface area contributed by atoms with Crippen LogP contribution in [0.1, 0.15) is 48.9 Å². The molecule has 4 saturated carbocycles. The molecule has 4 aliphatic rings. The number of hydrogen-bond donors (Lipinski definition) is 3. The smallest absolute Gasteiger partial charge is 0.312 e. The summed E-state index contributed by atoms with van der Waals surface area (Å²) in [5, 5.41) is 16.4. The number of ether oxygens (including phenoxy) is 2. The number of para-hydroxylation sites is 1. The van der Waals surface area contributed by atoms with E-state index in [9.17, 15) is 19.5 Å². The zero-order chi connectivity index (χ0) is 24.6. The van der Waals surface area contributed by atoms with Crippen LogP contribution >= 0.6 is 0 Å². The van der Waals surface area contributed by atoms with Gasteiger partial charge >= 0.3 is 5.97 Å². The van der Waals surface area contributed by atoms with Gasteiger partial charge in [-0.1, -0.05) is 12.1 Å². The molecule has 0 heterocycles. The molecule has 35 heavy (non-hydrogen) atoms. The Balaban J connectivity index is 1.20. The summed E-state index contributed by atoms with van der Waals surface area (Å²) >= 11 is 0. The average Bonchev–Trinajstić information content (AvgIpc) is 2.81. The molecule has 2 amide bonds. The summed E-state index contributed by atoms with van der Waals surface area (Å²) in [4.78, 5) is 38.5. The van der Waals surface area contributed by atoms with Gasteiger partial charge in [0, 0.05) is 5.69 Å². The van der Waals surface area contributed by atoms with Crippen LogP contribution in [0.25, 0.3) is 0 Å². The minimum Gasteiger partial charge on any atom is -0.497 e. The van der Waals surface area contributed by atoms with Gasteiger partial charge in [-0.2, -0.15) is 0 Å². The van der Waals surface area contributed by atoms with E-state index >= 15 is 0 Å². The van der Waals surface area contributed by atoms with Crippen molar-refractivity contribution in [3.63, 3.8) is 0 Å². The first-order valence-corrected chi connectivity index (χ1v) is 12.0. The maximum absolute atomic E-state index is 13.0. The Morgan fingerprint density at radius 1 is 0.971 bits per heavy atom. The van der Waals surface area contributed by atoms with Crippen LogP contribution in [0.15, 0.2) is 48.5 Å². The Labute approximate surface area is 204 Å². The predicted molar refractivity (Wildman–Crippen MR) is 129 cm³/mol. The van der Waals surface area contributed by atoms with E-state index in [1.54, 1.807) is 55.6 Å². The van der Waals surface area contributed by atoms with Crippen molar-refractivity contribution in [2.45, 2.75) is 44.1 Å². The second kappa shape index (κ2) is 9.00. The van der Waals surface area contributed by atoms with Gasteiger partial charge in [0.1, 0.15) is 5.75 Å². The molecule has 4 atom stereocenters. The fraction of sp³-hybridized carbons (Fsp3) is 0.444. The highest BCUT2D eigenvalue weighted by molar-refractivity contribution is 6.10. The van der Waals surface area contributed by atoms with Crippen LogP contribution < -0.4 is 15.4 Å². The van der Waals surface area contributed by atoms with Crippen molar-refractivity contribution in [2.75, 3.05) is 24.4 Å². The van der Waals surface area contributed by atoms with E-state index in [-0.39, 0.29) is 11.5 Å². The first kappa shape index (κ1) is 23.4. The molecule has 6 rings (SSSR count). The molecule has 4 fully saturated rings. The maximum atomic E-state index is 13.0. The third-order valence-corrected chi connectivity index (χ3v) is 7.59. The molecule has 0 saturated heterocycles. The van der Waals surface area contributed by atoms with Crippen LogP contribution in [-0.4, -0.2) is 42.2 Å². The van der Waals surface area contributed by atoms with E-state index in [0.717, 1.165) is 32.1 Å². The van der Waals surface area contributed by atoms with Gasteiger partial charge in [0.15, 0.2) is 6.61 Å². The van der Waals surface area contributed by atoms with Gasteiger partial charge in [-0.3, -0.25) is 14.4 Å². The Morgan fingerprint density at radius 3 is 2.31 bits per heavy atom. The Bertz CT molecular complexity index is 1130. The van der Waals surface area contributed by atoms with Gasteiger partial charge in [-0.05, 0) is 86.8 Å². The first-order valence-electron chi connectivity index (χ1n) is 12.0. The summed E-state index contributed by atoms with van der Waals surface area (Å²) in [6.45, 7) is -0.442. The number of aliphatic hydroxyl groups is 1. The highest BCUT2D eigenvalue weighted by atomic mass is 16.5. The monoisotopic (exact) mass is 478 g/mol. The number of amides is 2. The average molecular weight is 479 g/mol. The van der Waals surface area contributed by atoms with Crippen molar-refractivity contribution in [3.8, 4) is 5.75 Å². The van der Waals surface area contributed by atoms with Crippen LogP contribution in [0.4, 0.5) is 11.4 Å². The molecule has 0 spiro atoms. The number of esters is 1. The normalized spacial score (nSPS) is 28.3. The lowest BCUT2D eigenvalue weighted by atomic mass is 9.48. The highest BCUT2D eigenvalue weighted by Crippen LogP contribution is 2.61. The molecule has 2 aromatic rings. The minimum atomic E-state index is -0.776. The third-order valence-electron chi connectivity index (χ3n) is 7.59. The van der Waals surface area contributed by atoms with E-state index in [1.165, 1.54) is 0 Å². The Hall–Kier alpha value is -3.39. The molecule has 8 heteroatoms. The van der Waals surface area contributed by atoms with Gasteiger partial charge in [0.05, 0.1) is 29.4 Å². The Kier molecular flexibility index (Phi) is 6.01. The molecule has 3 N–H and O–H groups in total. The summed E-state index contributed by atoms with van der Waals surface area (Å²) in [6.07, 6.45) is 4.44. The second-order valence-corrected chi connectivity index (χ2v) is 10.3. The van der Waals surface area contributed by atoms with Gasteiger partial charge < -0.3 is 25.2 Å². The lowest BCUT2D eigenvalue weighted by Crippen LogP contribution is -2.58. The molecule has 4 bridgehead atoms. The summed E-state index contributed by atoms with van der Waals surface area (Å²) in [5.74, 6) is 0.0624. The van der Waals surface area contributed by atoms with Crippen LogP contribution in [0.3, 0.4) is 0 Å². The number of anilines is 2. The molecule has 0 aromatic heterocycles. The zero-order valence-electron chi connectivity index (χ0n) is 19.7. The number of nitrogens with one attached hydrogen (secondary N) is 2. The molecular weight excluding hydrogens is 448 g/mol. The van der Waals surface area contributed by atoms with Crippen molar-refractivity contribution in [1.29, 1.82) is 0 Å². The van der Waals surface area contributed by atoms with Crippen LogP contribution in [0, 0.1) is 17.3 Å². The summed E-state index contributed by atoms with van der Waals surface area (Å²) < 4.78 is 10.6. The van der Waals surface area contributed by atoms with E-state index in [1.807, 2.05) is 0 Å². The summed E-state index contributed by atoms with van der Waals surface area (Å²) in [7, 11) is 1.57. The van der Waals surface area contributed by atoms with Crippen molar-refractivity contribution in [3.05, 3.63) is 54.1 Å². The molecular formula is C27H30N2O6. The fourth-order valence-electron chi connectivity index (χ4n) is 6.59. The van der Waals surface area contributed by atoms with E-state index in [0.29, 0.717) is 35.4 Å². The molecule has 0 aliphatic heterocycles. The standard InChI is InChI=1S/C27H30N2O6/c1-34-20-8-6-19(7-9-20)28-24(31)21-4-2-3-5-22(21)29-23(30)15-35-25(32)26-11-17-10-18(12-26)14-27(33,13-17)16-26/h2-9,17-18,33H,10-16H2,1H3,(H,28,31)(H,29,30)/t17-,18+,26?,27?. The quantitative estimate of drug-likeness (QED) is 0.522. The van der Waals surface area contributed by atoms with Gasteiger partial charge in [-0.15, -0.1) is 0 Å². The number of carbonyl (C=O) groups excluding carboxylic acids is 3. The topological polar surface area (TPSA) is 114 Å². The van der Waals surface area contributed by atoms with Crippen LogP contribution in [0.2, 0.25) is 0 Å². The Morgan fingerprint density at radius 2 is 1.66 bits per heavy atom. The summed E-state index contributed by atoms with van der Waals surface area (Å²) in [5.41, 5.74) is -0.269. The fourth-order valence-corrected chi connectivity index (χ4v) is 6.59. The number of methoxy groups -OCH3 is 1. The van der Waals surface area contributed by atoms with E-state index < -0.39 is 29.5 Å². The minimum absolute atomic E-state index is 0.284. The number of carbonyl (C=O) groups is 3. The van der Waals surface area contributed by atoms with Crippen molar-refractivity contribution < 1.29 is 29.0 Å². The van der Waals surface area contributed by atoms with E-state index in [4.69, 9.17) is 9.47 Å². The largest absolute Gasteiger partial charge is 0.497 e. The van der Waals surface area contributed by atoms with Gasteiger partial charge in [0.25, 0.3) is 11.8 Å². The lowest BCUT2D eigenvalue weighted by Gasteiger charge is -2.58. The maximum Gasteiger partial charge on any atom is 0.312 e. The van der Waals surface area contributed by atoms with Gasteiger partial charge in [-0.25, -0.2) is 0 Å². The number of rotatable bonds is 7. The second-order valence-electron chi connectivity index (χ2n) is 10.3. The first-order chi connectivity index (χ1) is 16.8. The molecule has 4 aliphatic carbocycles. The number of benzene rings is 2. The zero-order valence-corrected chi connectivity index (χ0v) is 19.7. The molecule has 2 unspecified atom stereocenters. The van der Waals surface area contributed by atoms with Crippen molar-refractivity contribution in [1.82, 2.24) is 0 Å². The lowest BCUT2D eigenvalue weighted by molar-refractivity contribution is -0.196. The van der Waals surface area contributed by atoms with Crippen molar-refractivity contribution >= 4 is 29.2 Å². The molecule has 2 aromatic carbocycles. The SMILES string of the molecule is COc1ccc(NC(=O)c2ccccc2NC(=O)COC(=O)C23C[C@@H]4C[C@@H](CC(O)(C4)C2)C3)cc1. The van der Waals surface area contributed by atoms with Crippen LogP contribution in [0.5, 0.6) is 5.75 Å². The van der Waals surface area contributed by atoms with E-state index in [2.05, 4.69) is 10.6 Å². The number of hydrogen-bond acceptors (Lipinski definition) is 6. The third kappa shape index (κ3) is 4.75. The van der Waals surface area contributed by atoms with Gasteiger partial charge in [0.2, 0.25) is 0 Å². The molecule has 0 radical (unpaired) electrons. The molecule has 8 nitrogen and oxygen atoms in total. The van der Waals surface area contributed by atoms with Crippen molar-refractivity contribution in [2.24, 2.45) is 17.3 Å². The van der Waals surface area contributed by atoms with Crippen LogP contribution in [-0.2, 0) is 14.3 Å². The summed E-state index contributed by atoms with van der Waals surface area (Å²) in [6, 6.07) is 13.6. The predicted octanol–water partition coefficient (Wildman–Crippen LogP) is 3.76.